The quantitative estimate of drug-likeness (QED) is 0.600. The Morgan fingerprint density at radius 3 is 3.00 bits per heavy atom. The maximum absolute atomic E-state index is 10.5. The highest BCUT2D eigenvalue weighted by Crippen LogP contribution is 1.96. The zero-order chi connectivity index (χ0) is 8.97. The fourth-order valence-electron chi connectivity index (χ4n) is 0.688. The molecule has 0 bridgehead atoms. The number of carbonyl (C=O) groups is 1. The Balaban J connectivity index is 2.58. The average molecular weight is 170 g/mol. The molecule has 0 atom stereocenters. The molecule has 1 amide bonds. The number of hydrogen-bond donors (Lipinski definition) is 2. The fraction of sp³-hybridized carbons (Fsp3) is 0.500. The third-order valence-corrected chi connectivity index (χ3v) is 1.28. The molecule has 0 fully saturated rings. The first-order valence-corrected chi connectivity index (χ1v) is 3.51. The molecule has 0 aliphatic carbocycles. The van der Waals surface area contributed by atoms with Crippen LogP contribution in [0.2, 0.25) is 0 Å². The predicted octanol–water partition coefficient (Wildman–Crippen LogP) is -1.07. The number of hydrogen-bond acceptors (Lipinski definition) is 5. The van der Waals surface area contributed by atoms with Crippen LogP contribution >= 0.6 is 0 Å². The van der Waals surface area contributed by atoms with E-state index in [-0.39, 0.29) is 5.82 Å². The Morgan fingerprint density at radius 2 is 2.50 bits per heavy atom. The van der Waals surface area contributed by atoms with Crippen LogP contribution in [0.1, 0.15) is 16.5 Å². The van der Waals surface area contributed by atoms with E-state index in [0.29, 0.717) is 12.3 Å². The third-order valence-electron chi connectivity index (χ3n) is 1.28. The summed E-state index contributed by atoms with van der Waals surface area (Å²) in [6.07, 6.45) is 0.594. The minimum absolute atomic E-state index is 0.0684. The van der Waals surface area contributed by atoms with Gasteiger partial charge >= 0.3 is 0 Å². The van der Waals surface area contributed by atoms with E-state index < -0.39 is 5.91 Å². The number of rotatable bonds is 4. The van der Waals surface area contributed by atoms with Gasteiger partial charge in [-0.25, -0.2) is 0 Å². The van der Waals surface area contributed by atoms with Crippen LogP contribution in [0.3, 0.4) is 0 Å². The number of aromatic nitrogens is 2. The smallest absolute Gasteiger partial charge is 0.290 e. The molecule has 0 aliphatic heterocycles. The van der Waals surface area contributed by atoms with E-state index in [1.165, 1.54) is 0 Å². The van der Waals surface area contributed by atoms with Crippen LogP contribution in [0.25, 0.3) is 0 Å². The highest BCUT2D eigenvalue weighted by Gasteiger charge is 2.09. The second-order valence-corrected chi connectivity index (χ2v) is 2.23. The molecule has 1 aromatic rings. The highest BCUT2D eigenvalue weighted by atomic mass is 16.5. The minimum Gasteiger partial charge on any atom is -0.363 e. The normalized spacial score (nSPS) is 10.1. The van der Waals surface area contributed by atoms with Crippen LogP contribution in [-0.2, 0) is 6.42 Å². The van der Waals surface area contributed by atoms with Crippen LogP contribution in [0, 0.1) is 0 Å². The summed E-state index contributed by atoms with van der Waals surface area (Å²) in [4.78, 5) is 14.3. The number of carbonyl (C=O) groups excluding carboxylic acids is 1. The van der Waals surface area contributed by atoms with Gasteiger partial charge in [0.25, 0.3) is 11.7 Å². The molecule has 0 unspecified atom stereocenters. The van der Waals surface area contributed by atoms with E-state index in [1.807, 2.05) is 7.05 Å². The maximum atomic E-state index is 10.5. The van der Waals surface area contributed by atoms with Crippen molar-refractivity contribution in [3.63, 3.8) is 0 Å². The van der Waals surface area contributed by atoms with E-state index in [9.17, 15) is 4.79 Å². The number of nitrogens with one attached hydrogen (secondary N) is 1. The van der Waals surface area contributed by atoms with Crippen molar-refractivity contribution in [2.75, 3.05) is 13.6 Å². The molecule has 3 N–H and O–H groups in total. The number of nitrogens with zero attached hydrogens (tertiary/aromatic N) is 2. The minimum atomic E-state index is -0.672. The van der Waals surface area contributed by atoms with Gasteiger partial charge in [0, 0.05) is 13.0 Å². The van der Waals surface area contributed by atoms with Crippen molar-refractivity contribution < 1.29 is 9.32 Å². The molecule has 0 saturated heterocycles. The van der Waals surface area contributed by atoms with E-state index in [0.717, 1.165) is 6.54 Å². The topological polar surface area (TPSA) is 94.0 Å². The standard InChI is InChI=1S/C6H10N4O2/c1-8-3-2-4-9-6(5(7)11)10-12-4/h8H,2-3H2,1H3,(H2,7,11). The molecule has 1 aromatic heterocycles. The summed E-state index contributed by atoms with van der Waals surface area (Å²) < 4.78 is 4.73. The number of amides is 1. The van der Waals surface area contributed by atoms with Gasteiger partial charge in [-0.3, -0.25) is 4.79 Å². The van der Waals surface area contributed by atoms with Gasteiger partial charge in [0.1, 0.15) is 0 Å². The molecular weight excluding hydrogens is 160 g/mol. The van der Waals surface area contributed by atoms with Crippen LogP contribution in [0.4, 0.5) is 0 Å². The van der Waals surface area contributed by atoms with Gasteiger partial charge in [-0.1, -0.05) is 5.16 Å². The highest BCUT2D eigenvalue weighted by molar-refractivity contribution is 5.88. The van der Waals surface area contributed by atoms with E-state index in [4.69, 9.17) is 10.3 Å². The average Bonchev–Trinajstić information content (AvgIpc) is 2.48. The summed E-state index contributed by atoms with van der Waals surface area (Å²) in [5, 5.41) is 6.29. The Labute approximate surface area is 69.1 Å². The van der Waals surface area contributed by atoms with Crippen molar-refractivity contribution in [1.29, 1.82) is 0 Å². The van der Waals surface area contributed by atoms with Gasteiger partial charge in [-0.15, -0.1) is 0 Å². The summed E-state index contributed by atoms with van der Waals surface area (Å²) in [5.74, 6) is -0.325. The van der Waals surface area contributed by atoms with Crippen molar-refractivity contribution >= 4 is 5.91 Å². The SMILES string of the molecule is CNCCc1nc(C(N)=O)no1. The number of likely N-dealkylation sites (N-methyl/N-ethyl adjacent to an activating group) is 1. The molecule has 1 heterocycles. The monoisotopic (exact) mass is 170 g/mol. The molecule has 66 valence electrons. The van der Waals surface area contributed by atoms with Crippen molar-refractivity contribution in [2.24, 2.45) is 5.73 Å². The van der Waals surface area contributed by atoms with Crippen molar-refractivity contribution in [1.82, 2.24) is 15.5 Å². The van der Waals surface area contributed by atoms with Gasteiger partial charge in [0.15, 0.2) is 0 Å². The second-order valence-electron chi connectivity index (χ2n) is 2.23. The predicted molar refractivity (Wildman–Crippen MR) is 40.4 cm³/mol. The molecule has 6 heteroatoms. The lowest BCUT2D eigenvalue weighted by atomic mass is 10.4. The van der Waals surface area contributed by atoms with Crippen LogP contribution < -0.4 is 11.1 Å². The largest absolute Gasteiger partial charge is 0.363 e. The van der Waals surface area contributed by atoms with Crippen LogP contribution in [-0.4, -0.2) is 29.6 Å². The summed E-state index contributed by atoms with van der Waals surface area (Å²) in [7, 11) is 1.81. The first kappa shape index (κ1) is 8.66. The Hall–Kier alpha value is -1.43. The lowest BCUT2D eigenvalue weighted by molar-refractivity contribution is 0.0987. The lowest BCUT2D eigenvalue weighted by Gasteiger charge is -1.90. The zero-order valence-corrected chi connectivity index (χ0v) is 6.70. The first-order chi connectivity index (χ1) is 5.74. The number of nitrogens with two attached hydrogens (primary N) is 1. The molecule has 0 aliphatic rings. The zero-order valence-electron chi connectivity index (χ0n) is 6.70. The summed E-state index contributed by atoms with van der Waals surface area (Å²) in [6.45, 7) is 0.723. The summed E-state index contributed by atoms with van der Waals surface area (Å²) in [5.41, 5.74) is 4.92. The molecule has 1 rings (SSSR count). The summed E-state index contributed by atoms with van der Waals surface area (Å²) in [6, 6.07) is 0. The first-order valence-electron chi connectivity index (χ1n) is 3.51. The summed E-state index contributed by atoms with van der Waals surface area (Å²) >= 11 is 0. The van der Waals surface area contributed by atoms with Gasteiger partial charge in [0.2, 0.25) is 5.89 Å². The van der Waals surface area contributed by atoms with Crippen molar-refractivity contribution in [2.45, 2.75) is 6.42 Å². The molecule has 12 heavy (non-hydrogen) atoms. The lowest BCUT2D eigenvalue weighted by Crippen LogP contribution is -2.13. The van der Waals surface area contributed by atoms with Crippen molar-refractivity contribution in [3.8, 4) is 0 Å². The molecule has 6 nitrogen and oxygen atoms in total. The van der Waals surface area contributed by atoms with E-state index >= 15 is 0 Å². The van der Waals surface area contributed by atoms with Gasteiger partial charge in [-0.2, -0.15) is 4.98 Å². The van der Waals surface area contributed by atoms with Crippen molar-refractivity contribution in [3.05, 3.63) is 11.7 Å². The molecule has 0 saturated carbocycles. The molecule has 0 radical (unpaired) electrons. The van der Waals surface area contributed by atoms with Gasteiger partial charge < -0.3 is 15.6 Å². The van der Waals surface area contributed by atoms with E-state index in [1.54, 1.807) is 0 Å². The second kappa shape index (κ2) is 3.82. The third kappa shape index (κ3) is 2.03. The van der Waals surface area contributed by atoms with Gasteiger partial charge in [0.05, 0.1) is 0 Å². The molecule has 0 spiro atoms. The maximum Gasteiger partial charge on any atom is 0.290 e. The Bertz CT molecular complexity index is 270. The fourth-order valence-corrected chi connectivity index (χ4v) is 0.688. The van der Waals surface area contributed by atoms with Crippen LogP contribution in [0.15, 0.2) is 4.52 Å². The Kier molecular flexibility index (Phi) is 2.76. The van der Waals surface area contributed by atoms with Gasteiger partial charge in [-0.05, 0) is 7.05 Å². The molecular formula is C6H10N4O2. The Morgan fingerprint density at radius 1 is 1.75 bits per heavy atom. The molecule has 0 aromatic carbocycles. The van der Waals surface area contributed by atoms with E-state index in [2.05, 4.69) is 15.5 Å². The number of primary amides is 1. The van der Waals surface area contributed by atoms with Crippen LogP contribution in [0.5, 0.6) is 0 Å².